The van der Waals surface area contributed by atoms with E-state index in [1.54, 1.807) is 0 Å². The molecule has 9 heavy (non-hydrogen) atoms. The van der Waals surface area contributed by atoms with Gasteiger partial charge in [0.1, 0.15) is 0 Å². The predicted molar refractivity (Wildman–Crippen MR) is 43.0 cm³/mol. The molecule has 0 aromatic rings. The number of nitrogens with zero attached hydrogens (tertiary/aromatic N) is 1. The minimum absolute atomic E-state index is 0.0301. The van der Waals surface area contributed by atoms with Crippen LogP contribution < -0.4 is 0 Å². The summed E-state index contributed by atoms with van der Waals surface area (Å²) in [6.07, 6.45) is 0. The fourth-order valence-electron chi connectivity index (χ4n) is 0.786. The Morgan fingerprint density at radius 3 is 1.56 bits per heavy atom. The topological polar surface area (TPSA) is 3.24 Å². The van der Waals surface area contributed by atoms with Crippen molar-refractivity contribution in [3.8, 4) is 0 Å². The van der Waals surface area contributed by atoms with Crippen LogP contribution >= 0.6 is 23.2 Å². The van der Waals surface area contributed by atoms with E-state index >= 15 is 0 Å². The molecule has 0 rings (SSSR count). The molecule has 0 heterocycles. The zero-order chi connectivity index (χ0) is 7.44. The van der Waals surface area contributed by atoms with Gasteiger partial charge in [-0.3, -0.25) is 4.90 Å². The van der Waals surface area contributed by atoms with Gasteiger partial charge < -0.3 is 0 Å². The van der Waals surface area contributed by atoms with Crippen LogP contribution in [0.3, 0.4) is 0 Å². The lowest BCUT2D eigenvalue weighted by atomic mass is 10.5. The van der Waals surface area contributed by atoms with Crippen LogP contribution in [0.4, 0.5) is 0 Å². The first-order valence-electron chi connectivity index (χ1n) is 3.13. The summed E-state index contributed by atoms with van der Waals surface area (Å²) < 4.78 is 0. The molecule has 0 N–H and O–H groups in total. The summed E-state index contributed by atoms with van der Waals surface area (Å²) in [5, 5.41) is 0. The zero-order valence-corrected chi connectivity index (χ0v) is 7.58. The Hall–Kier alpha value is 0.540. The van der Waals surface area contributed by atoms with E-state index in [1.807, 2.05) is 25.7 Å². The molecule has 0 saturated carbocycles. The molecule has 0 radical (unpaired) electrons. The van der Waals surface area contributed by atoms with Gasteiger partial charge in [-0.1, -0.05) is 6.92 Å². The van der Waals surface area contributed by atoms with Crippen LogP contribution in [0.15, 0.2) is 0 Å². The highest BCUT2D eigenvalue weighted by atomic mass is 35.5. The van der Waals surface area contributed by atoms with Crippen molar-refractivity contribution in [2.75, 3.05) is 6.54 Å². The molecule has 3 heteroatoms. The highest BCUT2D eigenvalue weighted by Crippen LogP contribution is 2.10. The number of halogens is 2. The average Bonchev–Trinajstić information content (AvgIpc) is 1.64. The fraction of sp³-hybridized carbons (Fsp3) is 1.00. The Labute approximate surface area is 66.9 Å². The van der Waals surface area contributed by atoms with Crippen LogP contribution in [-0.4, -0.2) is 22.4 Å². The van der Waals surface area contributed by atoms with E-state index in [2.05, 4.69) is 0 Å². The molecule has 0 aromatic heterocycles. The molecule has 0 bridgehead atoms. The van der Waals surface area contributed by atoms with Crippen LogP contribution in [-0.2, 0) is 0 Å². The number of rotatable bonds is 3. The molecule has 1 nitrogen and oxygen atoms in total. The summed E-state index contributed by atoms with van der Waals surface area (Å²) in [6.45, 7) is 6.78. The maximum Gasteiger partial charge on any atom is 0.0833 e. The number of alkyl halides is 2. The van der Waals surface area contributed by atoms with E-state index in [0.717, 1.165) is 6.54 Å². The third-order valence-corrected chi connectivity index (χ3v) is 1.78. The molecular weight excluding hydrogens is 157 g/mol. The summed E-state index contributed by atoms with van der Waals surface area (Å²) in [5.41, 5.74) is 0.0602. The molecule has 2 atom stereocenters. The molecule has 0 spiro atoms. The van der Waals surface area contributed by atoms with E-state index in [-0.39, 0.29) is 11.0 Å². The van der Waals surface area contributed by atoms with Crippen LogP contribution in [0.2, 0.25) is 0 Å². The summed E-state index contributed by atoms with van der Waals surface area (Å²) >= 11 is 11.6. The Balaban J connectivity index is 3.68. The van der Waals surface area contributed by atoms with Gasteiger partial charge in [0, 0.05) is 0 Å². The average molecular weight is 170 g/mol. The molecular formula is C6H13Cl2N. The van der Waals surface area contributed by atoms with Crippen molar-refractivity contribution in [2.24, 2.45) is 0 Å². The van der Waals surface area contributed by atoms with E-state index in [0.29, 0.717) is 0 Å². The van der Waals surface area contributed by atoms with Crippen molar-refractivity contribution in [2.45, 2.75) is 31.8 Å². The second-order valence-corrected chi connectivity index (χ2v) is 3.24. The lowest BCUT2D eigenvalue weighted by Crippen LogP contribution is -2.33. The Bertz CT molecular complexity index is 65.5. The largest absolute Gasteiger partial charge is 0.272 e. The number of hydrogen-bond acceptors (Lipinski definition) is 1. The van der Waals surface area contributed by atoms with Crippen molar-refractivity contribution < 1.29 is 0 Å². The second-order valence-electron chi connectivity index (χ2n) is 1.98. The fourth-order valence-corrected chi connectivity index (χ4v) is 1.46. The summed E-state index contributed by atoms with van der Waals surface area (Å²) in [5.74, 6) is 0. The Morgan fingerprint density at radius 2 is 1.56 bits per heavy atom. The van der Waals surface area contributed by atoms with E-state index in [4.69, 9.17) is 23.2 Å². The maximum absolute atomic E-state index is 5.78. The van der Waals surface area contributed by atoms with Crippen molar-refractivity contribution in [3.63, 3.8) is 0 Å². The third-order valence-electron chi connectivity index (χ3n) is 1.28. The van der Waals surface area contributed by atoms with Crippen LogP contribution in [0.25, 0.3) is 0 Å². The summed E-state index contributed by atoms with van der Waals surface area (Å²) in [4.78, 5) is 1.99. The lowest BCUT2D eigenvalue weighted by Gasteiger charge is -2.25. The quantitative estimate of drug-likeness (QED) is 0.464. The van der Waals surface area contributed by atoms with Gasteiger partial charge in [-0.2, -0.15) is 0 Å². The summed E-state index contributed by atoms with van der Waals surface area (Å²) in [7, 11) is 0. The SMILES string of the molecule is CCN(C(C)Cl)C(C)Cl. The van der Waals surface area contributed by atoms with Crippen molar-refractivity contribution in [1.29, 1.82) is 0 Å². The molecule has 0 aliphatic heterocycles. The summed E-state index contributed by atoms with van der Waals surface area (Å²) in [6, 6.07) is 0. The maximum atomic E-state index is 5.78. The Kier molecular flexibility index (Phi) is 4.63. The molecule has 0 aliphatic rings. The molecule has 56 valence electrons. The Morgan fingerprint density at radius 1 is 1.22 bits per heavy atom. The van der Waals surface area contributed by atoms with Gasteiger partial charge in [-0.05, 0) is 20.4 Å². The van der Waals surface area contributed by atoms with Crippen LogP contribution in [0.1, 0.15) is 20.8 Å². The van der Waals surface area contributed by atoms with E-state index in [1.165, 1.54) is 0 Å². The highest BCUT2D eigenvalue weighted by Gasteiger charge is 2.12. The smallest absolute Gasteiger partial charge is 0.0833 e. The normalized spacial score (nSPS) is 18.0. The van der Waals surface area contributed by atoms with Crippen LogP contribution in [0, 0.1) is 0 Å². The van der Waals surface area contributed by atoms with Gasteiger partial charge >= 0.3 is 0 Å². The van der Waals surface area contributed by atoms with Crippen LogP contribution in [0.5, 0.6) is 0 Å². The first kappa shape index (κ1) is 9.54. The molecule has 0 saturated heterocycles. The van der Waals surface area contributed by atoms with Gasteiger partial charge in [-0.25, -0.2) is 0 Å². The lowest BCUT2D eigenvalue weighted by molar-refractivity contribution is 0.265. The van der Waals surface area contributed by atoms with Gasteiger partial charge in [0.15, 0.2) is 0 Å². The van der Waals surface area contributed by atoms with Gasteiger partial charge in [0.25, 0.3) is 0 Å². The van der Waals surface area contributed by atoms with Gasteiger partial charge in [0.2, 0.25) is 0 Å². The number of hydrogen-bond donors (Lipinski definition) is 0. The van der Waals surface area contributed by atoms with Crippen molar-refractivity contribution >= 4 is 23.2 Å². The first-order valence-corrected chi connectivity index (χ1v) is 4.00. The minimum Gasteiger partial charge on any atom is -0.272 e. The van der Waals surface area contributed by atoms with Crippen molar-refractivity contribution in [3.05, 3.63) is 0 Å². The standard InChI is InChI=1S/C6H13Cl2N/c1-4-9(5(2)7)6(3)8/h5-6H,4H2,1-3H3. The minimum atomic E-state index is 0.0301. The molecule has 0 aromatic carbocycles. The monoisotopic (exact) mass is 169 g/mol. The van der Waals surface area contributed by atoms with E-state index in [9.17, 15) is 0 Å². The highest BCUT2D eigenvalue weighted by molar-refractivity contribution is 6.22. The van der Waals surface area contributed by atoms with E-state index < -0.39 is 0 Å². The predicted octanol–water partition coefficient (Wildman–Crippen LogP) is 2.48. The molecule has 0 aliphatic carbocycles. The zero-order valence-electron chi connectivity index (χ0n) is 6.06. The van der Waals surface area contributed by atoms with Crippen molar-refractivity contribution in [1.82, 2.24) is 4.90 Å². The second kappa shape index (κ2) is 4.37. The third kappa shape index (κ3) is 3.29. The molecule has 2 unspecified atom stereocenters. The van der Waals surface area contributed by atoms with Gasteiger partial charge in [0.05, 0.1) is 11.0 Å². The van der Waals surface area contributed by atoms with Gasteiger partial charge in [-0.15, -0.1) is 23.2 Å². The molecule has 0 amide bonds. The molecule has 0 fully saturated rings. The first-order chi connectivity index (χ1) is 4.09.